The molecule has 1 N–H and O–H groups in total. The molecule has 0 saturated carbocycles. The summed E-state index contributed by atoms with van der Waals surface area (Å²) < 4.78 is 21.6. The lowest BCUT2D eigenvalue weighted by Crippen LogP contribution is -2.28. The van der Waals surface area contributed by atoms with E-state index in [1.54, 1.807) is 20.3 Å². The first kappa shape index (κ1) is 17.9. The summed E-state index contributed by atoms with van der Waals surface area (Å²) in [6.45, 7) is 3.04. The van der Waals surface area contributed by atoms with Crippen molar-refractivity contribution in [2.75, 3.05) is 27.4 Å². The zero-order valence-electron chi connectivity index (χ0n) is 15.2. The van der Waals surface area contributed by atoms with E-state index in [1.807, 2.05) is 37.3 Å². The highest BCUT2D eigenvalue weighted by atomic mass is 16.6. The topological polar surface area (TPSA) is 66.0 Å². The largest absolute Gasteiger partial charge is 0.493 e. The van der Waals surface area contributed by atoms with Crippen molar-refractivity contribution in [1.29, 1.82) is 0 Å². The molecule has 6 heteroatoms. The van der Waals surface area contributed by atoms with Gasteiger partial charge in [-0.1, -0.05) is 12.1 Å². The van der Waals surface area contributed by atoms with Crippen LogP contribution in [0.15, 0.2) is 36.4 Å². The van der Waals surface area contributed by atoms with Gasteiger partial charge in [0.15, 0.2) is 23.0 Å². The van der Waals surface area contributed by atoms with Gasteiger partial charge in [-0.2, -0.15) is 0 Å². The van der Waals surface area contributed by atoms with E-state index in [9.17, 15) is 4.79 Å². The molecule has 0 aliphatic carbocycles. The number of fused-ring (bicyclic) bond motifs is 1. The quantitative estimate of drug-likeness (QED) is 0.861. The van der Waals surface area contributed by atoms with Gasteiger partial charge < -0.3 is 24.3 Å². The van der Waals surface area contributed by atoms with Gasteiger partial charge in [0.1, 0.15) is 13.2 Å². The Morgan fingerprint density at radius 1 is 1.04 bits per heavy atom. The summed E-state index contributed by atoms with van der Waals surface area (Å²) in [5.74, 6) is 2.64. The van der Waals surface area contributed by atoms with E-state index in [0.717, 1.165) is 22.6 Å². The Morgan fingerprint density at radius 2 is 1.77 bits per heavy atom. The van der Waals surface area contributed by atoms with E-state index in [-0.39, 0.29) is 18.4 Å². The number of hydrogen-bond acceptors (Lipinski definition) is 5. The molecule has 0 unspecified atom stereocenters. The number of ether oxygens (including phenoxy) is 4. The average Bonchev–Trinajstić information content (AvgIpc) is 2.67. The van der Waals surface area contributed by atoms with Crippen molar-refractivity contribution in [2.24, 2.45) is 0 Å². The monoisotopic (exact) mass is 357 g/mol. The maximum Gasteiger partial charge on any atom is 0.224 e. The van der Waals surface area contributed by atoms with Crippen LogP contribution in [0, 0.1) is 0 Å². The Labute approximate surface area is 153 Å². The van der Waals surface area contributed by atoms with Gasteiger partial charge in [0.25, 0.3) is 0 Å². The van der Waals surface area contributed by atoms with E-state index in [1.165, 1.54) is 0 Å². The minimum Gasteiger partial charge on any atom is -0.493 e. The molecular weight excluding hydrogens is 334 g/mol. The summed E-state index contributed by atoms with van der Waals surface area (Å²) in [6.07, 6.45) is 0.259. The van der Waals surface area contributed by atoms with Crippen LogP contribution < -0.4 is 24.3 Å². The molecule has 3 rings (SSSR count). The van der Waals surface area contributed by atoms with Crippen LogP contribution in [0.5, 0.6) is 23.0 Å². The summed E-state index contributed by atoms with van der Waals surface area (Å²) in [5, 5.41) is 3.01. The van der Waals surface area contributed by atoms with Crippen molar-refractivity contribution in [3.05, 3.63) is 47.5 Å². The minimum absolute atomic E-state index is 0.0698. The number of hydrogen-bond donors (Lipinski definition) is 1. The molecule has 1 atom stereocenters. The van der Waals surface area contributed by atoms with E-state index in [0.29, 0.717) is 24.7 Å². The fourth-order valence-corrected chi connectivity index (χ4v) is 2.88. The predicted molar refractivity (Wildman–Crippen MR) is 97.2 cm³/mol. The minimum atomic E-state index is -0.140. The Morgan fingerprint density at radius 3 is 2.50 bits per heavy atom. The van der Waals surface area contributed by atoms with Crippen LogP contribution in [0.4, 0.5) is 0 Å². The predicted octanol–water partition coefficient (Wildman–Crippen LogP) is 2.89. The van der Waals surface area contributed by atoms with Gasteiger partial charge in [-0.3, -0.25) is 4.79 Å². The number of carbonyl (C=O) groups is 1. The maximum atomic E-state index is 12.4. The molecule has 6 nitrogen and oxygen atoms in total. The lowest BCUT2D eigenvalue weighted by molar-refractivity contribution is -0.121. The number of benzene rings is 2. The lowest BCUT2D eigenvalue weighted by Gasteiger charge is -2.21. The summed E-state index contributed by atoms with van der Waals surface area (Å²) in [6, 6.07) is 11.1. The summed E-state index contributed by atoms with van der Waals surface area (Å²) >= 11 is 0. The van der Waals surface area contributed by atoms with Gasteiger partial charge in [0, 0.05) is 0 Å². The molecule has 0 bridgehead atoms. The Hall–Kier alpha value is -2.89. The SMILES string of the molecule is COc1ccc(CC(=O)N[C@H](C)c2ccc3c(c2)OCCO3)cc1OC. The van der Waals surface area contributed by atoms with E-state index in [4.69, 9.17) is 18.9 Å². The molecule has 1 amide bonds. The van der Waals surface area contributed by atoms with Crippen LogP contribution in [0.1, 0.15) is 24.1 Å². The molecule has 1 heterocycles. The average molecular weight is 357 g/mol. The van der Waals surface area contributed by atoms with Crippen molar-refractivity contribution in [3.8, 4) is 23.0 Å². The summed E-state index contributed by atoms with van der Waals surface area (Å²) in [7, 11) is 3.16. The first-order valence-corrected chi connectivity index (χ1v) is 8.50. The van der Waals surface area contributed by atoms with Crippen molar-refractivity contribution in [3.63, 3.8) is 0 Å². The first-order valence-electron chi connectivity index (χ1n) is 8.50. The Bertz CT molecular complexity index is 790. The number of rotatable bonds is 6. The van der Waals surface area contributed by atoms with Crippen molar-refractivity contribution < 1.29 is 23.7 Å². The molecule has 1 aliphatic rings. The second-order valence-corrected chi connectivity index (χ2v) is 6.06. The van der Waals surface area contributed by atoms with Crippen molar-refractivity contribution in [2.45, 2.75) is 19.4 Å². The number of methoxy groups -OCH3 is 2. The third kappa shape index (κ3) is 4.02. The van der Waals surface area contributed by atoms with Crippen molar-refractivity contribution in [1.82, 2.24) is 5.32 Å². The van der Waals surface area contributed by atoms with Gasteiger partial charge in [0.05, 0.1) is 26.7 Å². The Kier molecular flexibility index (Phi) is 5.51. The van der Waals surface area contributed by atoms with E-state index in [2.05, 4.69) is 5.32 Å². The molecule has 0 fully saturated rings. The highest BCUT2D eigenvalue weighted by Gasteiger charge is 2.16. The highest BCUT2D eigenvalue weighted by Crippen LogP contribution is 2.32. The molecule has 0 aromatic heterocycles. The number of amides is 1. The number of carbonyl (C=O) groups excluding carboxylic acids is 1. The molecule has 138 valence electrons. The molecule has 0 saturated heterocycles. The van der Waals surface area contributed by atoms with Crippen LogP contribution in [0.3, 0.4) is 0 Å². The smallest absolute Gasteiger partial charge is 0.224 e. The fourth-order valence-electron chi connectivity index (χ4n) is 2.88. The van der Waals surface area contributed by atoms with Crippen LogP contribution in [-0.2, 0) is 11.2 Å². The van der Waals surface area contributed by atoms with Gasteiger partial charge in [0.2, 0.25) is 5.91 Å². The Balaban J connectivity index is 1.64. The zero-order valence-corrected chi connectivity index (χ0v) is 15.2. The summed E-state index contributed by atoms with van der Waals surface area (Å²) in [4.78, 5) is 12.4. The standard InChI is InChI=1S/C20H23NO5/c1-13(15-5-7-17-19(12-15)26-9-8-25-17)21-20(22)11-14-4-6-16(23-2)18(10-14)24-3/h4-7,10,12-13H,8-9,11H2,1-3H3,(H,21,22)/t13-/m1/s1. The third-order valence-corrected chi connectivity index (χ3v) is 4.26. The molecule has 0 radical (unpaired) electrons. The van der Waals surface area contributed by atoms with Crippen LogP contribution in [0.25, 0.3) is 0 Å². The normalized spacial score (nSPS) is 13.7. The summed E-state index contributed by atoms with van der Waals surface area (Å²) in [5.41, 5.74) is 1.82. The number of nitrogens with one attached hydrogen (secondary N) is 1. The van der Waals surface area contributed by atoms with Crippen LogP contribution >= 0.6 is 0 Å². The third-order valence-electron chi connectivity index (χ3n) is 4.26. The second-order valence-electron chi connectivity index (χ2n) is 6.06. The maximum absolute atomic E-state index is 12.4. The van der Waals surface area contributed by atoms with Crippen LogP contribution in [-0.4, -0.2) is 33.3 Å². The molecule has 0 spiro atoms. The first-order chi connectivity index (χ1) is 12.6. The molecule has 26 heavy (non-hydrogen) atoms. The molecule has 1 aliphatic heterocycles. The fraction of sp³-hybridized carbons (Fsp3) is 0.350. The highest BCUT2D eigenvalue weighted by molar-refractivity contribution is 5.79. The zero-order chi connectivity index (χ0) is 18.5. The van der Waals surface area contributed by atoms with E-state index < -0.39 is 0 Å². The molecule has 2 aromatic carbocycles. The lowest BCUT2D eigenvalue weighted by atomic mass is 10.1. The van der Waals surface area contributed by atoms with Gasteiger partial charge in [-0.05, 0) is 42.3 Å². The molecular formula is C20H23NO5. The van der Waals surface area contributed by atoms with E-state index >= 15 is 0 Å². The van der Waals surface area contributed by atoms with Gasteiger partial charge in [-0.15, -0.1) is 0 Å². The van der Waals surface area contributed by atoms with Gasteiger partial charge in [-0.25, -0.2) is 0 Å². The van der Waals surface area contributed by atoms with Gasteiger partial charge >= 0.3 is 0 Å². The molecule has 2 aromatic rings. The van der Waals surface area contributed by atoms with Crippen LogP contribution in [0.2, 0.25) is 0 Å². The second kappa shape index (κ2) is 7.99. The van der Waals surface area contributed by atoms with Crippen molar-refractivity contribution >= 4 is 5.91 Å².